The fourth-order valence-electron chi connectivity index (χ4n) is 5.30. The highest BCUT2D eigenvalue weighted by atomic mass is 16.5. The predicted octanol–water partition coefficient (Wildman–Crippen LogP) is 5.04. The van der Waals surface area contributed by atoms with E-state index < -0.39 is 11.9 Å². The minimum atomic E-state index is -0.645. The van der Waals surface area contributed by atoms with Crippen molar-refractivity contribution in [2.45, 2.75) is 44.9 Å². The molecule has 0 fully saturated rings. The molecule has 8 heteroatoms. The third kappa shape index (κ3) is 5.08. The van der Waals surface area contributed by atoms with E-state index in [0.717, 1.165) is 17.0 Å². The summed E-state index contributed by atoms with van der Waals surface area (Å²) in [6.45, 7) is 4.07. The van der Waals surface area contributed by atoms with Crippen LogP contribution in [0.15, 0.2) is 58.9 Å². The maximum atomic E-state index is 13.9. The second kappa shape index (κ2) is 11.6. The molecule has 0 amide bonds. The summed E-state index contributed by atoms with van der Waals surface area (Å²) >= 11 is 0. The van der Waals surface area contributed by atoms with Crippen LogP contribution in [-0.2, 0) is 14.3 Å². The number of allylic oxidation sites excluding steroid dienone is 3. The second-order valence-electron chi connectivity index (χ2n) is 9.39. The Labute approximate surface area is 223 Å². The van der Waals surface area contributed by atoms with Crippen LogP contribution < -0.4 is 24.3 Å². The van der Waals surface area contributed by atoms with Gasteiger partial charge in [-0.25, -0.2) is 4.79 Å². The molecule has 2 atom stereocenters. The van der Waals surface area contributed by atoms with Crippen molar-refractivity contribution in [3.63, 3.8) is 0 Å². The number of benzene rings is 2. The molecule has 4 rings (SSSR count). The van der Waals surface area contributed by atoms with Crippen molar-refractivity contribution in [1.29, 1.82) is 0 Å². The van der Waals surface area contributed by atoms with Gasteiger partial charge in [0.1, 0.15) is 5.75 Å². The first kappa shape index (κ1) is 27.1. The largest absolute Gasteiger partial charge is 0.497 e. The lowest BCUT2D eigenvalue weighted by atomic mass is 9.71. The van der Waals surface area contributed by atoms with Gasteiger partial charge in [-0.2, -0.15) is 0 Å². The van der Waals surface area contributed by atoms with Crippen LogP contribution in [0.4, 0.5) is 0 Å². The Morgan fingerprint density at radius 1 is 0.921 bits per heavy atom. The Hall–Kier alpha value is -3.94. The fraction of sp³-hybridized carbons (Fsp3) is 0.400. The standard InChI is InChI=1S/C30H35NO7/c1-7-12-38-30(33)26-17(2)31-22-13-19(18-8-10-21(34-3)11-9-18)14-23(32)28(22)27(26)20-15-24(35-4)29(37-6)25(16-20)36-5/h8-11,15-16,19,27,31H,7,12-14H2,1-6H3/t19-,27+/m1/s1. The van der Waals surface area contributed by atoms with Crippen LogP contribution in [0.25, 0.3) is 0 Å². The second-order valence-corrected chi connectivity index (χ2v) is 9.39. The molecule has 1 N–H and O–H groups in total. The summed E-state index contributed by atoms with van der Waals surface area (Å²) in [7, 11) is 6.24. The third-order valence-electron chi connectivity index (χ3n) is 7.09. The highest BCUT2D eigenvalue weighted by molar-refractivity contribution is 6.04. The number of esters is 1. The maximum Gasteiger partial charge on any atom is 0.336 e. The molecule has 8 nitrogen and oxygen atoms in total. The molecule has 0 bridgehead atoms. The van der Waals surface area contributed by atoms with Gasteiger partial charge in [0.25, 0.3) is 0 Å². The molecule has 202 valence electrons. The van der Waals surface area contributed by atoms with Gasteiger partial charge in [-0.3, -0.25) is 4.79 Å². The average Bonchev–Trinajstić information content (AvgIpc) is 2.94. The first-order valence-corrected chi connectivity index (χ1v) is 12.7. The summed E-state index contributed by atoms with van der Waals surface area (Å²) in [5.41, 5.74) is 4.19. The molecule has 2 aromatic carbocycles. The Morgan fingerprint density at radius 3 is 2.13 bits per heavy atom. The van der Waals surface area contributed by atoms with E-state index in [4.69, 9.17) is 23.7 Å². The number of methoxy groups -OCH3 is 4. The van der Waals surface area contributed by atoms with Crippen molar-refractivity contribution in [2.75, 3.05) is 35.0 Å². The minimum absolute atomic E-state index is 0.00152. The Kier molecular flexibility index (Phi) is 8.29. The van der Waals surface area contributed by atoms with Crippen LogP contribution in [0, 0.1) is 0 Å². The number of rotatable bonds is 9. The molecule has 38 heavy (non-hydrogen) atoms. The molecule has 2 aliphatic rings. The topological polar surface area (TPSA) is 92.3 Å². The highest BCUT2D eigenvalue weighted by Gasteiger charge is 2.42. The van der Waals surface area contributed by atoms with Crippen LogP contribution in [0.2, 0.25) is 0 Å². The molecule has 0 aromatic heterocycles. The van der Waals surface area contributed by atoms with Gasteiger partial charge in [-0.15, -0.1) is 0 Å². The van der Waals surface area contributed by atoms with Gasteiger partial charge < -0.3 is 29.0 Å². The number of hydrogen-bond donors (Lipinski definition) is 1. The van der Waals surface area contributed by atoms with Crippen molar-refractivity contribution in [1.82, 2.24) is 5.32 Å². The summed E-state index contributed by atoms with van der Waals surface area (Å²) in [4.78, 5) is 27.2. The molecular formula is C30H35NO7. The van der Waals surface area contributed by atoms with E-state index in [-0.39, 0.29) is 18.3 Å². The number of dihydropyridines is 1. The monoisotopic (exact) mass is 521 g/mol. The number of carbonyl (C=O) groups excluding carboxylic acids is 2. The van der Waals surface area contributed by atoms with Crippen molar-refractivity contribution in [2.24, 2.45) is 0 Å². The molecule has 1 heterocycles. The minimum Gasteiger partial charge on any atom is -0.497 e. The van der Waals surface area contributed by atoms with Gasteiger partial charge in [-0.05, 0) is 61.1 Å². The molecule has 0 unspecified atom stereocenters. The van der Waals surface area contributed by atoms with E-state index in [1.165, 1.54) is 21.3 Å². The Morgan fingerprint density at radius 2 is 1.58 bits per heavy atom. The Bertz CT molecular complexity index is 1250. The first-order chi connectivity index (χ1) is 18.4. The molecule has 0 saturated carbocycles. The van der Waals surface area contributed by atoms with Gasteiger partial charge >= 0.3 is 5.97 Å². The zero-order valence-electron chi connectivity index (χ0n) is 22.8. The van der Waals surface area contributed by atoms with E-state index in [0.29, 0.717) is 58.9 Å². The van der Waals surface area contributed by atoms with Crippen molar-refractivity contribution in [3.8, 4) is 23.0 Å². The molecule has 1 aliphatic carbocycles. The van der Waals surface area contributed by atoms with E-state index in [1.54, 1.807) is 19.2 Å². The first-order valence-electron chi connectivity index (χ1n) is 12.7. The van der Waals surface area contributed by atoms with Crippen molar-refractivity contribution < 1.29 is 33.3 Å². The number of hydrogen-bond acceptors (Lipinski definition) is 8. The van der Waals surface area contributed by atoms with E-state index in [1.807, 2.05) is 38.1 Å². The molecule has 1 aliphatic heterocycles. The van der Waals surface area contributed by atoms with Crippen LogP contribution in [0.3, 0.4) is 0 Å². The number of ether oxygens (including phenoxy) is 5. The molecule has 0 spiro atoms. The van der Waals surface area contributed by atoms with Crippen LogP contribution in [-0.4, -0.2) is 46.8 Å². The maximum absolute atomic E-state index is 13.9. The molecule has 0 radical (unpaired) electrons. The normalized spacial score (nSPS) is 18.9. The van der Waals surface area contributed by atoms with Crippen LogP contribution >= 0.6 is 0 Å². The lowest BCUT2D eigenvalue weighted by Crippen LogP contribution is -2.36. The lowest BCUT2D eigenvalue weighted by Gasteiger charge is -2.37. The van der Waals surface area contributed by atoms with Gasteiger partial charge in [0, 0.05) is 29.3 Å². The fourth-order valence-corrected chi connectivity index (χ4v) is 5.30. The smallest absolute Gasteiger partial charge is 0.336 e. The van der Waals surface area contributed by atoms with E-state index in [2.05, 4.69) is 5.32 Å². The molecular weight excluding hydrogens is 486 g/mol. The van der Waals surface area contributed by atoms with Gasteiger partial charge in [0.2, 0.25) is 5.75 Å². The zero-order valence-corrected chi connectivity index (χ0v) is 22.8. The third-order valence-corrected chi connectivity index (χ3v) is 7.09. The number of Topliss-reactive ketones (excluding diaryl/α,β-unsaturated/α-hetero) is 1. The zero-order chi connectivity index (χ0) is 27.4. The van der Waals surface area contributed by atoms with Crippen LogP contribution in [0.5, 0.6) is 23.0 Å². The molecule has 2 aromatic rings. The SMILES string of the molecule is CCCOC(=O)C1=C(C)NC2=C(C(=O)C[C@H](c3ccc(OC)cc3)C2)[C@H]1c1cc(OC)c(OC)c(OC)c1. The molecule has 0 saturated heterocycles. The van der Waals surface area contributed by atoms with Gasteiger partial charge in [0.15, 0.2) is 17.3 Å². The number of ketones is 1. The highest BCUT2D eigenvalue weighted by Crippen LogP contribution is 2.49. The lowest BCUT2D eigenvalue weighted by molar-refractivity contribution is -0.139. The van der Waals surface area contributed by atoms with Crippen molar-refractivity contribution in [3.05, 3.63) is 70.1 Å². The Balaban J connectivity index is 1.84. The number of carbonyl (C=O) groups is 2. The van der Waals surface area contributed by atoms with Gasteiger partial charge in [0.05, 0.1) is 40.6 Å². The number of nitrogens with one attached hydrogen (secondary N) is 1. The van der Waals surface area contributed by atoms with E-state index >= 15 is 0 Å². The average molecular weight is 522 g/mol. The summed E-state index contributed by atoms with van der Waals surface area (Å²) in [6, 6.07) is 11.4. The summed E-state index contributed by atoms with van der Waals surface area (Å²) in [5.74, 6) is 0.978. The summed E-state index contributed by atoms with van der Waals surface area (Å²) in [5, 5.41) is 3.38. The predicted molar refractivity (Wildman–Crippen MR) is 143 cm³/mol. The van der Waals surface area contributed by atoms with E-state index in [9.17, 15) is 9.59 Å². The summed E-state index contributed by atoms with van der Waals surface area (Å²) < 4.78 is 27.5. The quantitative estimate of drug-likeness (QED) is 0.459. The van der Waals surface area contributed by atoms with Gasteiger partial charge in [-0.1, -0.05) is 19.1 Å². The summed E-state index contributed by atoms with van der Waals surface area (Å²) in [6.07, 6.45) is 1.64. The van der Waals surface area contributed by atoms with Crippen LogP contribution in [0.1, 0.15) is 56.1 Å². The van der Waals surface area contributed by atoms with Crippen molar-refractivity contribution >= 4 is 11.8 Å².